The van der Waals surface area contributed by atoms with Crippen molar-refractivity contribution in [2.24, 2.45) is 0 Å². The molecule has 0 N–H and O–H groups in total. The second-order valence-electron chi connectivity index (χ2n) is 10.8. The Morgan fingerprint density at radius 2 is 0.543 bits per heavy atom. The molecule has 0 fully saturated rings. The summed E-state index contributed by atoms with van der Waals surface area (Å²) in [5.41, 5.74) is -3.67. The van der Waals surface area contributed by atoms with Crippen LogP contribution in [0.25, 0.3) is 0 Å². The van der Waals surface area contributed by atoms with E-state index in [-0.39, 0.29) is 63.9 Å². The van der Waals surface area contributed by atoms with E-state index in [1.807, 2.05) is 0 Å². The van der Waals surface area contributed by atoms with Gasteiger partial charge in [-0.2, -0.15) is 52.7 Å². The molecule has 0 aliphatic heterocycles. The summed E-state index contributed by atoms with van der Waals surface area (Å²) in [4.78, 5) is 0. The molecule has 0 bridgehead atoms. The first-order valence-corrected chi connectivity index (χ1v) is 15.8. The summed E-state index contributed by atoms with van der Waals surface area (Å²) < 4.78 is 163. The van der Waals surface area contributed by atoms with Crippen molar-refractivity contribution in [1.29, 1.82) is 0 Å². The molecule has 4 aromatic carbocycles. The molecule has 14 heteroatoms. The lowest BCUT2D eigenvalue weighted by Gasteiger charge is -2.29. The van der Waals surface area contributed by atoms with Gasteiger partial charge in [-0.3, -0.25) is 0 Å². The van der Waals surface area contributed by atoms with E-state index in [0.29, 0.717) is 0 Å². The van der Waals surface area contributed by atoms with Crippen LogP contribution in [0.3, 0.4) is 0 Å². The molecule has 0 unspecified atom stereocenters. The van der Waals surface area contributed by atoms with Gasteiger partial charge in [0.25, 0.3) is 0 Å². The number of halogens is 13. The van der Waals surface area contributed by atoms with E-state index in [4.69, 9.17) is 0 Å². The minimum absolute atomic E-state index is 0. The summed E-state index contributed by atoms with van der Waals surface area (Å²) in [5.74, 6) is 0. The van der Waals surface area contributed by atoms with Gasteiger partial charge in [0.15, 0.2) is 0 Å². The van der Waals surface area contributed by atoms with E-state index in [1.165, 1.54) is 24.3 Å². The number of rotatable bonds is 8. The summed E-state index contributed by atoms with van der Waals surface area (Å²) in [6.07, 6.45) is -19.8. The molecule has 0 amide bonds. The van der Waals surface area contributed by atoms with E-state index in [0.717, 1.165) is 72.8 Å². The van der Waals surface area contributed by atoms with Crippen LogP contribution in [0.5, 0.6) is 0 Å². The summed E-state index contributed by atoms with van der Waals surface area (Å²) in [6.45, 7) is 0. The second kappa shape index (κ2) is 14.0. The molecule has 0 spiro atoms. The monoisotopic (exact) mass is 746 g/mol. The predicted octanol–water partition coefficient (Wildman–Crippen LogP) is 8.88. The maximum Gasteiger partial charge on any atom is 0.416 e. The average molecular weight is 747 g/mol. The van der Waals surface area contributed by atoms with Crippen molar-refractivity contribution in [3.8, 4) is 0 Å². The fourth-order valence-corrected chi connectivity index (χ4v) is 9.82. The molecule has 0 radical (unpaired) electrons. The minimum atomic E-state index is -4.75. The van der Waals surface area contributed by atoms with Gasteiger partial charge in [-0.15, -0.1) is 0 Å². The Kier molecular flexibility index (Phi) is 11.4. The van der Waals surface area contributed by atoms with Gasteiger partial charge in [0.2, 0.25) is 0 Å². The number of alkyl halides is 12. The first-order valence-electron chi connectivity index (χ1n) is 13.2. The Balaban J connectivity index is 0.00000576. The molecule has 4 rings (SSSR count). The van der Waals surface area contributed by atoms with Crippen LogP contribution in [0, 0.1) is 0 Å². The number of hydrogen-bond donors (Lipinski definition) is 0. The van der Waals surface area contributed by atoms with Crippen molar-refractivity contribution >= 4 is 7.26 Å². The van der Waals surface area contributed by atoms with E-state index < -0.39 is 54.2 Å². The van der Waals surface area contributed by atoms with Gasteiger partial charge < -0.3 is 17.0 Å². The fourth-order valence-electron chi connectivity index (χ4n) is 5.27. The molecule has 0 saturated heterocycles. The highest BCUT2D eigenvalue weighted by Crippen LogP contribution is 2.69. The van der Waals surface area contributed by atoms with Crippen LogP contribution < -0.4 is 17.0 Å². The van der Waals surface area contributed by atoms with Crippen molar-refractivity contribution in [3.63, 3.8) is 0 Å². The lowest BCUT2D eigenvalue weighted by Crippen LogP contribution is -3.00. The quantitative estimate of drug-likeness (QED) is 0.125. The molecule has 4 aromatic rings. The third-order valence-corrected chi connectivity index (χ3v) is 11.2. The van der Waals surface area contributed by atoms with Crippen molar-refractivity contribution < 1.29 is 69.7 Å². The predicted molar refractivity (Wildman–Crippen MR) is 148 cm³/mol. The highest BCUT2D eigenvalue weighted by atomic mass is 79.9. The first-order chi connectivity index (χ1) is 20.7. The minimum Gasteiger partial charge on any atom is -1.00 e. The molecule has 0 aromatic heterocycles. The van der Waals surface area contributed by atoms with E-state index in [1.54, 1.807) is 0 Å². The zero-order chi connectivity index (χ0) is 33.3. The zero-order valence-electron chi connectivity index (χ0n) is 23.4. The molecule has 0 atom stereocenters. The first kappa shape index (κ1) is 37.4. The van der Waals surface area contributed by atoms with Crippen LogP contribution in [-0.4, -0.2) is 0 Å². The van der Waals surface area contributed by atoms with Gasteiger partial charge >= 0.3 is 24.7 Å². The van der Waals surface area contributed by atoms with Crippen LogP contribution in [0.4, 0.5) is 52.7 Å². The largest absolute Gasteiger partial charge is 1.00 e. The van der Waals surface area contributed by atoms with Crippen LogP contribution in [0.2, 0.25) is 0 Å². The van der Waals surface area contributed by atoms with Gasteiger partial charge in [0, 0.05) is 7.26 Å². The van der Waals surface area contributed by atoms with Crippen molar-refractivity contribution in [2.45, 2.75) is 49.4 Å². The lowest BCUT2D eigenvalue weighted by atomic mass is 10.1. The van der Waals surface area contributed by atoms with Crippen molar-refractivity contribution in [3.05, 3.63) is 142 Å². The number of benzene rings is 4. The lowest BCUT2D eigenvalue weighted by molar-refractivity contribution is -0.138. The smallest absolute Gasteiger partial charge is 0.416 e. The molecule has 0 heterocycles. The van der Waals surface area contributed by atoms with Crippen LogP contribution >= 0.6 is 7.26 Å². The van der Waals surface area contributed by atoms with Crippen LogP contribution in [-0.2, 0) is 49.4 Å². The highest BCUT2D eigenvalue weighted by molar-refractivity contribution is 7.72. The maximum absolute atomic E-state index is 13.6. The molecular weight excluding hydrogens is 723 g/mol. The third kappa shape index (κ3) is 9.97. The normalized spacial score (nSPS) is 13.0. The Labute approximate surface area is 267 Å². The van der Waals surface area contributed by atoms with E-state index in [2.05, 4.69) is 0 Å². The SMILES string of the molecule is FC(F)(F)c1cccc(C[P+](Cc2cccc(C(F)(F)F)c2)(Cc2cccc(C(F)(F)F)c2)Cc2cccc(C(F)(F)F)c2)c1.[Br-]. The molecule has 46 heavy (non-hydrogen) atoms. The van der Waals surface area contributed by atoms with Crippen molar-refractivity contribution in [2.75, 3.05) is 0 Å². The van der Waals surface area contributed by atoms with E-state index in [9.17, 15) is 52.7 Å². The van der Waals surface area contributed by atoms with Crippen LogP contribution in [0.1, 0.15) is 44.5 Å². The molecule has 0 aliphatic rings. The van der Waals surface area contributed by atoms with Gasteiger partial charge in [-0.1, -0.05) is 48.5 Å². The summed E-state index contributed by atoms with van der Waals surface area (Å²) in [5, 5.41) is 0. The van der Waals surface area contributed by atoms with E-state index >= 15 is 0 Å². The zero-order valence-corrected chi connectivity index (χ0v) is 25.9. The summed E-state index contributed by atoms with van der Waals surface area (Å²) in [7, 11) is -3.14. The molecule has 0 saturated carbocycles. The van der Waals surface area contributed by atoms with Crippen LogP contribution in [0.15, 0.2) is 97.1 Å². The average Bonchev–Trinajstić information content (AvgIpc) is 2.92. The topological polar surface area (TPSA) is 0 Å². The molecular formula is C32H24BrF12P. The Bertz CT molecular complexity index is 1380. The highest BCUT2D eigenvalue weighted by Gasteiger charge is 2.42. The van der Waals surface area contributed by atoms with Crippen molar-refractivity contribution in [1.82, 2.24) is 0 Å². The third-order valence-electron chi connectivity index (χ3n) is 7.09. The summed E-state index contributed by atoms with van der Waals surface area (Å²) >= 11 is 0. The maximum atomic E-state index is 13.6. The van der Waals surface area contributed by atoms with Gasteiger partial charge in [-0.05, 0) is 70.8 Å². The Morgan fingerprint density at radius 1 is 0.348 bits per heavy atom. The summed E-state index contributed by atoms with van der Waals surface area (Å²) in [6, 6.07) is 16.6. The Morgan fingerprint density at radius 3 is 0.717 bits per heavy atom. The second-order valence-corrected chi connectivity index (χ2v) is 14.7. The molecule has 0 aliphatic carbocycles. The molecule has 0 nitrogen and oxygen atoms in total. The van der Waals surface area contributed by atoms with Gasteiger partial charge in [-0.25, -0.2) is 0 Å². The fraction of sp³-hybridized carbons (Fsp3) is 0.250. The molecule has 248 valence electrons. The standard InChI is InChI=1S/C32H24F12P.BrH/c33-29(34,35)25-9-1-5-21(13-25)17-45(18-22-6-2-10-26(14-22)30(36,37)38,19-23-7-3-11-27(15-23)31(39,40)41)20-24-8-4-12-28(16-24)32(42,43)44;/h1-16H,17-20H2;1H/q+1;/p-1. The van der Waals surface area contributed by atoms with Gasteiger partial charge in [0.05, 0.1) is 46.9 Å². The number of hydrogen-bond acceptors (Lipinski definition) is 0. The van der Waals surface area contributed by atoms with Gasteiger partial charge in [0.1, 0.15) is 0 Å². The Hall–Kier alpha value is -3.05.